The van der Waals surface area contributed by atoms with Crippen LogP contribution in [0.4, 0.5) is 0 Å². The summed E-state index contributed by atoms with van der Waals surface area (Å²) >= 11 is 0. The molecule has 1 atom stereocenters. The molecule has 0 aliphatic carbocycles. The summed E-state index contributed by atoms with van der Waals surface area (Å²) in [7, 11) is 3.18. The van der Waals surface area contributed by atoms with E-state index in [2.05, 4.69) is 25.2 Å². The Bertz CT molecular complexity index is 910. The highest BCUT2D eigenvalue weighted by atomic mass is 16.5. The van der Waals surface area contributed by atoms with Gasteiger partial charge in [-0.3, -0.25) is 0 Å². The summed E-state index contributed by atoms with van der Waals surface area (Å²) in [6.07, 6.45) is 3.06. The summed E-state index contributed by atoms with van der Waals surface area (Å²) in [6.45, 7) is 6.69. The number of nitrogens with zero attached hydrogens (tertiary/aromatic N) is 1. The third-order valence-electron chi connectivity index (χ3n) is 5.50. The number of hydrogen-bond donors (Lipinski definition) is 2. The van der Waals surface area contributed by atoms with Gasteiger partial charge >= 0.3 is 0 Å². The van der Waals surface area contributed by atoms with Crippen LogP contribution in [-0.4, -0.2) is 45.1 Å². The monoisotopic (exact) mass is 470 g/mol. The largest absolute Gasteiger partial charge is 0.494 e. The Morgan fingerprint density at radius 2 is 1.76 bits per heavy atom. The Labute approximate surface area is 203 Å². The van der Waals surface area contributed by atoms with E-state index in [4.69, 9.17) is 24.2 Å². The molecule has 7 nitrogen and oxygen atoms in total. The number of methoxy groups -OCH3 is 2. The molecule has 0 radical (unpaired) electrons. The lowest BCUT2D eigenvalue weighted by atomic mass is 10.0. The lowest BCUT2D eigenvalue weighted by molar-refractivity contribution is 0.133. The van der Waals surface area contributed by atoms with Crippen LogP contribution < -0.4 is 24.3 Å². The van der Waals surface area contributed by atoms with E-state index in [1.807, 2.05) is 36.4 Å². The van der Waals surface area contributed by atoms with E-state index in [1.165, 1.54) is 0 Å². The predicted molar refractivity (Wildman–Crippen MR) is 133 cm³/mol. The molecule has 0 bridgehead atoms. The maximum atomic E-state index is 9.20. The highest BCUT2D eigenvalue weighted by Crippen LogP contribution is 2.40. The zero-order chi connectivity index (χ0) is 24.8. The number of nitrogens with one attached hydrogen (secondary N) is 1. The van der Waals surface area contributed by atoms with Crippen molar-refractivity contribution < 1.29 is 24.1 Å². The van der Waals surface area contributed by atoms with E-state index < -0.39 is 0 Å². The van der Waals surface area contributed by atoms with Gasteiger partial charge in [0.25, 0.3) is 0 Å². The molecule has 34 heavy (non-hydrogen) atoms. The van der Waals surface area contributed by atoms with Gasteiger partial charge in [-0.1, -0.05) is 26.0 Å². The number of ether oxygens (including phenoxy) is 4. The van der Waals surface area contributed by atoms with E-state index in [9.17, 15) is 5.11 Å². The molecule has 0 saturated carbocycles. The molecule has 2 N–H and O–H groups in total. The molecule has 0 aromatic heterocycles. The molecule has 2 aromatic carbocycles. The van der Waals surface area contributed by atoms with Gasteiger partial charge in [0.2, 0.25) is 5.75 Å². The topological polar surface area (TPSA) is 93.0 Å². The molecule has 0 aliphatic heterocycles. The number of aliphatic hydroxyl groups excluding tert-OH is 1. The fraction of sp³-hybridized carbons (Fsp3) is 0.519. The fourth-order valence-electron chi connectivity index (χ4n) is 3.63. The summed E-state index contributed by atoms with van der Waals surface area (Å²) in [5.74, 6) is 2.84. The van der Waals surface area contributed by atoms with Crippen LogP contribution in [-0.2, 0) is 13.0 Å². The quantitative estimate of drug-likeness (QED) is 0.349. The first kappa shape index (κ1) is 27.3. The number of nitriles is 1. The lowest BCUT2D eigenvalue weighted by Gasteiger charge is -2.25. The van der Waals surface area contributed by atoms with Crippen LogP contribution in [0.5, 0.6) is 23.0 Å². The number of rotatable bonds is 16. The first-order chi connectivity index (χ1) is 16.5. The lowest BCUT2D eigenvalue weighted by Crippen LogP contribution is -2.26. The van der Waals surface area contributed by atoms with Crippen LogP contribution in [0.25, 0.3) is 0 Å². The minimum atomic E-state index is 0.0138. The Morgan fingerprint density at radius 3 is 2.44 bits per heavy atom. The molecular formula is C27H38N2O5. The molecule has 0 amide bonds. The van der Waals surface area contributed by atoms with Crippen molar-refractivity contribution in [3.8, 4) is 29.1 Å². The molecule has 0 fully saturated rings. The Kier molecular flexibility index (Phi) is 12.1. The number of benzene rings is 2. The van der Waals surface area contributed by atoms with E-state index >= 15 is 0 Å². The molecule has 2 aromatic rings. The van der Waals surface area contributed by atoms with Gasteiger partial charge < -0.3 is 29.4 Å². The van der Waals surface area contributed by atoms with E-state index in [0.29, 0.717) is 29.8 Å². The first-order valence-electron chi connectivity index (χ1n) is 11.8. The first-order valence-corrected chi connectivity index (χ1v) is 11.8. The minimum Gasteiger partial charge on any atom is -0.494 e. The maximum Gasteiger partial charge on any atom is 0.203 e. The average Bonchev–Trinajstić information content (AvgIpc) is 2.84. The van der Waals surface area contributed by atoms with E-state index in [-0.39, 0.29) is 19.1 Å². The minimum absolute atomic E-state index is 0.0138. The van der Waals surface area contributed by atoms with Crippen molar-refractivity contribution in [3.63, 3.8) is 0 Å². The van der Waals surface area contributed by atoms with Crippen LogP contribution in [0.15, 0.2) is 36.4 Å². The van der Waals surface area contributed by atoms with Crippen LogP contribution in [0.2, 0.25) is 0 Å². The Hall–Kier alpha value is -2.95. The summed E-state index contributed by atoms with van der Waals surface area (Å²) in [6, 6.07) is 13.4. The van der Waals surface area contributed by atoms with Gasteiger partial charge in [0, 0.05) is 0 Å². The number of hydrogen-bond acceptors (Lipinski definition) is 7. The second kappa shape index (κ2) is 15.0. The molecule has 2 rings (SSSR count). The fourth-order valence-corrected chi connectivity index (χ4v) is 3.63. The summed E-state index contributed by atoms with van der Waals surface area (Å²) < 4.78 is 23.1. The van der Waals surface area contributed by atoms with Crippen molar-refractivity contribution in [2.45, 2.75) is 52.2 Å². The van der Waals surface area contributed by atoms with E-state index in [0.717, 1.165) is 49.2 Å². The van der Waals surface area contributed by atoms with Crippen LogP contribution in [0, 0.1) is 17.2 Å². The molecule has 0 aliphatic rings. The number of aliphatic hydroxyl groups is 1. The molecule has 0 saturated heterocycles. The zero-order valence-electron chi connectivity index (χ0n) is 20.8. The highest BCUT2D eigenvalue weighted by Gasteiger charge is 2.20. The van der Waals surface area contributed by atoms with Gasteiger partial charge in [0.15, 0.2) is 11.5 Å². The van der Waals surface area contributed by atoms with Crippen molar-refractivity contribution in [3.05, 3.63) is 47.5 Å². The second-order valence-electron chi connectivity index (χ2n) is 8.46. The summed E-state index contributed by atoms with van der Waals surface area (Å²) in [4.78, 5) is 0. The van der Waals surface area contributed by atoms with Crippen molar-refractivity contribution in [2.75, 3.05) is 33.9 Å². The van der Waals surface area contributed by atoms with Crippen LogP contribution in [0.3, 0.4) is 0 Å². The molecule has 186 valence electrons. The maximum absolute atomic E-state index is 9.20. The third kappa shape index (κ3) is 8.77. The molecular weight excluding hydrogens is 432 g/mol. The van der Waals surface area contributed by atoms with Gasteiger partial charge in [-0.25, -0.2) is 0 Å². The summed E-state index contributed by atoms with van der Waals surface area (Å²) in [5, 5.41) is 21.7. The van der Waals surface area contributed by atoms with Crippen LogP contribution in [0.1, 0.15) is 44.2 Å². The summed E-state index contributed by atoms with van der Waals surface area (Å²) in [5.41, 5.74) is 1.69. The SMILES string of the molecule is COc1cc(CC#N)cc(OC(CCCNCCCOc2cccc(CO)c2)C(C)C)c1OC. The van der Waals surface area contributed by atoms with Crippen molar-refractivity contribution in [2.24, 2.45) is 5.92 Å². The Morgan fingerprint density at radius 1 is 1.00 bits per heavy atom. The van der Waals surface area contributed by atoms with Gasteiger partial charge in [0.05, 0.1) is 39.9 Å². The standard InChI is InChI=1S/C27H38N2O5/c1-20(2)24(34-26-18-21(11-12-28)17-25(31-3)27(26)32-4)10-6-13-29-14-7-15-33-23-9-5-8-22(16-23)19-30/h5,8-9,16-18,20,24,29-30H,6-7,10-11,13-15,19H2,1-4H3. The van der Waals surface area contributed by atoms with Gasteiger partial charge in [-0.05, 0) is 73.7 Å². The van der Waals surface area contributed by atoms with Gasteiger partial charge in [-0.2, -0.15) is 5.26 Å². The molecule has 0 spiro atoms. The van der Waals surface area contributed by atoms with Gasteiger partial charge in [-0.15, -0.1) is 0 Å². The normalized spacial score (nSPS) is 11.7. The highest BCUT2D eigenvalue weighted by molar-refractivity contribution is 5.54. The van der Waals surface area contributed by atoms with Crippen LogP contribution >= 0.6 is 0 Å². The predicted octanol–water partition coefficient (Wildman–Crippen LogP) is 4.50. The average molecular weight is 471 g/mol. The zero-order valence-corrected chi connectivity index (χ0v) is 20.8. The molecule has 7 heteroatoms. The second-order valence-corrected chi connectivity index (χ2v) is 8.46. The van der Waals surface area contributed by atoms with Crippen molar-refractivity contribution in [1.29, 1.82) is 5.26 Å². The van der Waals surface area contributed by atoms with Gasteiger partial charge in [0.1, 0.15) is 11.9 Å². The smallest absolute Gasteiger partial charge is 0.203 e. The Balaban J connectivity index is 1.78. The molecule has 1 unspecified atom stereocenters. The van der Waals surface area contributed by atoms with Crippen molar-refractivity contribution in [1.82, 2.24) is 5.32 Å². The third-order valence-corrected chi connectivity index (χ3v) is 5.50. The van der Waals surface area contributed by atoms with Crippen molar-refractivity contribution >= 4 is 0 Å². The molecule has 0 heterocycles. The van der Waals surface area contributed by atoms with E-state index in [1.54, 1.807) is 14.2 Å².